The normalized spacial score (nSPS) is 11.5. The quantitative estimate of drug-likeness (QED) is 0.292. The molecule has 1 aromatic heterocycles. The molecule has 10 heteroatoms. The molecule has 0 aliphatic carbocycles. The lowest BCUT2D eigenvalue weighted by molar-refractivity contribution is -0.114. The first-order valence-electron chi connectivity index (χ1n) is 10.5. The summed E-state index contributed by atoms with van der Waals surface area (Å²) < 4.78 is 43.6. The third kappa shape index (κ3) is 9.53. The number of nitrogens with zero attached hydrogens (tertiary/aromatic N) is 1. The van der Waals surface area contributed by atoms with Gasteiger partial charge < -0.3 is 14.2 Å². The van der Waals surface area contributed by atoms with Gasteiger partial charge in [-0.3, -0.25) is 4.79 Å². The zero-order valence-electron chi connectivity index (χ0n) is 19.0. The predicted octanol–water partition coefficient (Wildman–Crippen LogP) is 4.62. The first-order chi connectivity index (χ1) is 15.7. The lowest BCUT2D eigenvalue weighted by Gasteiger charge is -2.13. The molecule has 1 N–H and O–H groups in total. The lowest BCUT2D eigenvalue weighted by atomic mass is 10.1. The minimum absolute atomic E-state index is 0.0865. The highest BCUT2D eigenvalue weighted by Gasteiger charge is 2.13. The average Bonchev–Trinajstić information content (AvgIpc) is 2.75. The van der Waals surface area contributed by atoms with E-state index in [1.807, 2.05) is 19.9 Å². The molecule has 0 spiro atoms. The van der Waals surface area contributed by atoms with Crippen molar-refractivity contribution in [3.05, 3.63) is 52.1 Å². The molecule has 8 nitrogen and oxygen atoms in total. The summed E-state index contributed by atoms with van der Waals surface area (Å²) in [5, 5.41) is 0. The summed E-state index contributed by atoms with van der Waals surface area (Å²) in [6, 6.07) is 6.99. The van der Waals surface area contributed by atoms with Gasteiger partial charge in [-0.25, -0.2) is 18.1 Å². The molecule has 1 amide bonds. The lowest BCUT2D eigenvalue weighted by Crippen LogP contribution is -2.31. The number of amides is 1. The summed E-state index contributed by atoms with van der Waals surface area (Å²) in [6.07, 6.45) is 6.45. The van der Waals surface area contributed by atoms with Gasteiger partial charge in [-0.15, -0.1) is 0 Å². The Morgan fingerprint density at radius 2 is 2.00 bits per heavy atom. The van der Waals surface area contributed by atoms with Crippen molar-refractivity contribution < 1.29 is 27.4 Å². The molecule has 33 heavy (non-hydrogen) atoms. The monoisotopic (exact) mass is 540 g/mol. The Balaban J connectivity index is 2.22. The Morgan fingerprint density at radius 3 is 2.70 bits per heavy atom. The van der Waals surface area contributed by atoms with Gasteiger partial charge in [0.2, 0.25) is 15.9 Å². The highest BCUT2D eigenvalue weighted by Crippen LogP contribution is 2.31. The van der Waals surface area contributed by atoms with Crippen molar-refractivity contribution in [1.82, 2.24) is 9.71 Å². The van der Waals surface area contributed by atoms with Crippen LogP contribution in [-0.4, -0.2) is 45.4 Å². The van der Waals surface area contributed by atoms with Gasteiger partial charge >= 0.3 is 0 Å². The molecule has 0 atom stereocenters. The third-order valence-corrected chi connectivity index (χ3v) is 6.20. The van der Waals surface area contributed by atoms with Crippen LogP contribution in [0.5, 0.6) is 17.4 Å². The van der Waals surface area contributed by atoms with Crippen LogP contribution < -0.4 is 14.2 Å². The van der Waals surface area contributed by atoms with Crippen LogP contribution >= 0.6 is 15.9 Å². The van der Waals surface area contributed by atoms with Gasteiger partial charge in [0.25, 0.3) is 5.91 Å². The van der Waals surface area contributed by atoms with Crippen LogP contribution in [0.15, 0.2) is 41.0 Å². The van der Waals surface area contributed by atoms with Crippen LogP contribution in [0.2, 0.25) is 0 Å². The summed E-state index contributed by atoms with van der Waals surface area (Å²) in [6.45, 7) is 4.63. The molecular formula is C23H29BrN2O6S. The summed E-state index contributed by atoms with van der Waals surface area (Å²) in [4.78, 5) is 16.5. The number of hydrogen-bond acceptors (Lipinski definition) is 7. The van der Waals surface area contributed by atoms with Crippen molar-refractivity contribution in [3.63, 3.8) is 0 Å². The molecule has 0 saturated heterocycles. The Kier molecular flexibility index (Phi) is 10.8. The number of nitrogens with one attached hydrogen (secondary N) is 1. The number of hydrogen-bond donors (Lipinski definition) is 1. The molecule has 180 valence electrons. The number of benzene rings is 1. The van der Waals surface area contributed by atoms with Gasteiger partial charge in [0.15, 0.2) is 0 Å². The van der Waals surface area contributed by atoms with Crippen LogP contribution in [0, 0.1) is 6.92 Å². The maximum atomic E-state index is 12.2. The number of ether oxygens (including phenoxy) is 3. The third-order valence-electron chi connectivity index (χ3n) is 4.43. The smallest absolute Gasteiger partial charge is 0.257 e. The number of halogens is 1. The summed E-state index contributed by atoms with van der Waals surface area (Å²) in [7, 11) is -2.09. The fourth-order valence-electron chi connectivity index (χ4n) is 2.76. The number of aromatic nitrogens is 1. The maximum Gasteiger partial charge on any atom is 0.257 e. The Bertz CT molecular complexity index is 1070. The van der Waals surface area contributed by atoms with E-state index in [-0.39, 0.29) is 5.75 Å². The Hall–Kier alpha value is -2.43. The van der Waals surface area contributed by atoms with E-state index in [0.717, 1.165) is 29.0 Å². The van der Waals surface area contributed by atoms with E-state index in [9.17, 15) is 13.2 Å². The second kappa shape index (κ2) is 13.3. The number of sulfonamides is 1. The second-order valence-electron chi connectivity index (χ2n) is 7.24. The van der Waals surface area contributed by atoms with Crippen molar-refractivity contribution in [2.45, 2.75) is 33.1 Å². The van der Waals surface area contributed by atoms with Crippen molar-refractivity contribution in [1.29, 1.82) is 0 Å². The number of carbonyl (C=O) groups excluding carboxylic acids is 1. The van der Waals surface area contributed by atoms with Gasteiger partial charge in [0.1, 0.15) is 18.1 Å². The largest absolute Gasteiger partial charge is 0.491 e. The van der Waals surface area contributed by atoms with Gasteiger partial charge in [-0.05, 0) is 53.5 Å². The number of methoxy groups -OCH3 is 1. The molecule has 1 aromatic carbocycles. The van der Waals surface area contributed by atoms with Crippen LogP contribution in [0.4, 0.5) is 0 Å². The van der Waals surface area contributed by atoms with Crippen molar-refractivity contribution >= 4 is 37.9 Å². The fourth-order valence-corrected chi connectivity index (χ4v) is 4.26. The molecule has 2 aromatic rings. The highest BCUT2D eigenvalue weighted by molar-refractivity contribution is 9.10. The van der Waals surface area contributed by atoms with E-state index in [1.54, 1.807) is 31.5 Å². The number of rotatable bonds is 13. The van der Waals surface area contributed by atoms with Crippen molar-refractivity contribution in [2.24, 2.45) is 0 Å². The average molecular weight is 541 g/mol. The number of aryl methyl sites for hydroxylation is 1. The van der Waals surface area contributed by atoms with Crippen molar-refractivity contribution in [3.8, 4) is 17.4 Å². The van der Waals surface area contributed by atoms with Crippen LogP contribution in [-0.2, 0) is 19.6 Å². The summed E-state index contributed by atoms with van der Waals surface area (Å²) >= 11 is 3.37. The van der Waals surface area contributed by atoms with E-state index in [1.165, 1.54) is 6.08 Å². The van der Waals surface area contributed by atoms with E-state index >= 15 is 0 Å². The van der Waals surface area contributed by atoms with E-state index in [0.29, 0.717) is 42.6 Å². The molecular weight excluding hydrogens is 512 g/mol. The minimum atomic E-state index is -3.67. The first-order valence-corrected chi connectivity index (χ1v) is 13.0. The number of unbranched alkanes of at least 4 members (excludes halogenated alkanes) is 2. The Morgan fingerprint density at radius 1 is 1.21 bits per heavy atom. The maximum absolute atomic E-state index is 12.2. The zero-order chi connectivity index (χ0) is 24.3. The zero-order valence-corrected chi connectivity index (χ0v) is 21.4. The molecule has 0 fully saturated rings. The van der Waals surface area contributed by atoms with Crippen LogP contribution in [0.1, 0.15) is 37.3 Å². The number of carbonyl (C=O) groups is 1. The van der Waals surface area contributed by atoms with Gasteiger partial charge in [-0.1, -0.05) is 19.8 Å². The molecule has 0 bridgehead atoms. The summed E-state index contributed by atoms with van der Waals surface area (Å²) in [5.41, 5.74) is 1.36. The molecule has 0 radical (unpaired) electrons. The van der Waals surface area contributed by atoms with E-state index < -0.39 is 15.9 Å². The van der Waals surface area contributed by atoms with Crippen LogP contribution in [0.3, 0.4) is 0 Å². The predicted molar refractivity (Wildman–Crippen MR) is 131 cm³/mol. The van der Waals surface area contributed by atoms with E-state index in [4.69, 9.17) is 14.2 Å². The fraction of sp³-hybridized carbons (Fsp3) is 0.391. The molecule has 0 aliphatic rings. The first kappa shape index (κ1) is 26.8. The van der Waals surface area contributed by atoms with Gasteiger partial charge in [0, 0.05) is 41.0 Å². The number of pyridine rings is 1. The van der Waals surface area contributed by atoms with E-state index in [2.05, 4.69) is 25.6 Å². The standard InChI is InChI=1S/C23H29BrN2O6S/c1-4-5-6-13-33(28,29)26-22(27)10-8-18-7-9-20(31-12-11-30-3)15-21(18)32-23-17(2)14-19(24)16-25-23/h7-10,14-16H,4-6,11-13H2,1-3H3,(H,26,27). The molecule has 2 rings (SSSR count). The highest BCUT2D eigenvalue weighted by atomic mass is 79.9. The summed E-state index contributed by atoms with van der Waals surface area (Å²) in [5.74, 6) is 0.534. The SMILES string of the molecule is CCCCCS(=O)(=O)NC(=O)C=Cc1ccc(OCCOC)cc1Oc1ncc(Br)cc1C. The van der Waals surface area contributed by atoms with Crippen LogP contribution in [0.25, 0.3) is 6.08 Å². The molecule has 0 unspecified atom stereocenters. The van der Waals surface area contributed by atoms with Gasteiger partial charge in [0.05, 0.1) is 12.4 Å². The molecule has 0 saturated carbocycles. The second-order valence-corrected chi connectivity index (χ2v) is 10.0. The minimum Gasteiger partial charge on any atom is -0.491 e. The molecule has 1 heterocycles. The topological polar surface area (TPSA) is 104 Å². The van der Waals surface area contributed by atoms with Crippen molar-refractivity contribution in [2.75, 3.05) is 26.1 Å². The molecule has 0 aliphatic heterocycles. The Labute approximate surface area is 203 Å². The van der Waals surface area contributed by atoms with Gasteiger partial charge in [-0.2, -0.15) is 0 Å².